The third-order valence-electron chi connectivity index (χ3n) is 3.35. The highest BCUT2D eigenvalue weighted by atomic mass is 35.5. The molecule has 88 valence electrons. The molecule has 0 spiro atoms. The molecule has 0 aromatic heterocycles. The molecule has 1 aliphatic rings. The summed E-state index contributed by atoms with van der Waals surface area (Å²) in [5.41, 5.74) is 0. The maximum absolute atomic E-state index is 11.2. The Morgan fingerprint density at radius 2 is 2.13 bits per heavy atom. The van der Waals surface area contributed by atoms with Gasteiger partial charge in [0, 0.05) is 0 Å². The molecule has 0 aromatic rings. The highest BCUT2D eigenvalue weighted by molar-refractivity contribution is 6.26. The lowest BCUT2D eigenvalue weighted by atomic mass is 9.75. The van der Waals surface area contributed by atoms with Crippen molar-refractivity contribution in [3.63, 3.8) is 0 Å². The maximum Gasteiger partial charge on any atom is 0.321 e. The van der Waals surface area contributed by atoms with E-state index in [-0.39, 0.29) is 18.0 Å². The van der Waals surface area contributed by atoms with Crippen LogP contribution in [0.4, 0.5) is 0 Å². The zero-order chi connectivity index (χ0) is 11.4. The van der Waals surface area contributed by atoms with Crippen molar-refractivity contribution >= 4 is 17.6 Å². The fraction of sp³-hybridized carbons (Fsp3) is 0.917. The van der Waals surface area contributed by atoms with Crippen LogP contribution in [-0.4, -0.2) is 18.0 Å². The first-order chi connectivity index (χ1) is 7.04. The second-order valence-corrected chi connectivity index (χ2v) is 5.26. The van der Waals surface area contributed by atoms with Gasteiger partial charge in [-0.1, -0.05) is 27.2 Å². The van der Waals surface area contributed by atoms with Crippen molar-refractivity contribution in [2.45, 2.75) is 46.1 Å². The van der Waals surface area contributed by atoms with Crippen molar-refractivity contribution in [1.82, 2.24) is 0 Å². The van der Waals surface area contributed by atoms with E-state index < -0.39 is 0 Å². The third-order valence-corrected chi connectivity index (χ3v) is 3.57. The van der Waals surface area contributed by atoms with Crippen molar-refractivity contribution in [1.29, 1.82) is 0 Å². The second kappa shape index (κ2) is 5.74. The van der Waals surface area contributed by atoms with E-state index in [1.54, 1.807) is 0 Å². The number of rotatable bonds is 3. The van der Waals surface area contributed by atoms with Crippen molar-refractivity contribution in [2.24, 2.45) is 17.8 Å². The Kier molecular flexibility index (Phi) is 4.91. The number of hydrogen-bond donors (Lipinski definition) is 0. The number of ether oxygens (including phenoxy) is 1. The summed E-state index contributed by atoms with van der Waals surface area (Å²) in [4.78, 5) is 11.2. The molecule has 3 heteroatoms. The van der Waals surface area contributed by atoms with Gasteiger partial charge < -0.3 is 4.74 Å². The Labute approximate surface area is 97.3 Å². The minimum absolute atomic E-state index is 0.0320. The van der Waals surface area contributed by atoms with Gasteiger partial charge in [-0.25, -0.2) is 0 Å². The Morgan fingerprint density at radius 3 is 2.67 bits per heavy atom. The zero-order valence-corrected chi connectivity index (χ0v) is 10.6. The molecule has 3 atom stereocenters. The van der Waals surface area contributed by atoms with Gasteiger partial charge in [0.2, 0.25) is 0 Å². The standard InChI is InChI=1S/C12H21ClO2/c1-8(2)10-5-4-9(3)6-11(10)15-12(14)7-13/h8-11H,4-7H2,1-3H3/t9-,10-,11+/m1/s1. The van der Waals surface area contributed by atoms with Crippen molar-refractivity contribution in [3.05, 3.63) is 0 Å². The largest absolute Gasteiger partial charge is 0.461 e. The molecule has 1 aliphatic carbocycles. The van der Waals surface area contributed by atoms with E-state index >= 15 is 0 Å². The molecule has 1 fully saturated rings. The average molecular weight is 233 g/mol. The molecule has 2 nitrogen and oxygen atoms in total. The van der Waals surface area contributed by atoms with Gasteiger partial charge in [-0.2, -0.15) is 0 Å². The molecule has 0 heterocycles. The zero-order valence-electron chi connectivity index (χ0n) is 9.83. The number of hydrogen-bond acceptors (Lipinski definition) is 2. The summed E-state index contributed by atoms with van der Waals surface area (Å²) in [6.07, 6.45) is 3.49. The lowest BCUT2D eigenvalue weighted by molar-refractivity contribution is -0.152. The quantitative estimate of drug-likeness (QED) is 0.552. The van der Waals surface area contributed by atoms with Gasteiger partial charge in [0.25, 0.3) is 0 Å². The van der Waals surface area contributed by atoms with Crippen molar-refractivity contribution in [3.8, 4) is 0 Å². The van der Waals surface area contributed by atoms with E-state index in [0.717, 1.165) is 6.42 Å². The van der Waals surface area contributed by atoms with Gasteiger partial charge in [-0.3, -0.25) is 4.79 Å². The molecule has 0 unspecified atom stereocenters. The van der Waals surface area contributed by atoms with Gasteiger partial charge >= 0.3 is 5.97 Å². The first-order valence-electron chi connectivity index (χ1n) is 5.80. The predicted octanol–water partition coefficient (Wildman–Crippen LogP) is 3.23. The fourth-order valence-corrected chi connectivity index (χ4v) is 2.51. The molecule has 0 amide bonds. The third kappa shape index (κ3) is 3.67. The number of halogens is 1. The molecular formula is C12H21ClO2. The number of carbonyl (C=O) groups is 1. The normalized spacial score (nSPS) is 31.7. The van der Waals surface area contributed by atoms with Crippen LogP contribution < -0.4 is 0 Å². The molecule has 0 aromatic carbocycles. The Bertz CT molecular complexity index is 216. The van der Waals surface area contributed by atoms with Crippen LogP contribution in [0.5, 0.6) is 0 Å². The minimum Gasteiger partial charge on any atom is -0.461 e. The Hall–Kier alpha value is -0.240. The van der Waals surface area contributed by atoms with Crippen LogP contribution in [0.25, 0.3) is 0 Å². The lowest BCUT2D eigenvalue weighted by Gasteiger charge is -2.36. The second-order valence-electron chi connectivity index (χ2n) is 4.99. The van der Waals surface area contributed by atoms with E-state index in [4.69, 9.17) is 16.3 Å². The molecular weight excluding hydrogens is 212 g/mol. The Morgan fingerprint density at radius 1 is 1.47 bits per heavy atom. The van der Waals surface area contributed by atoms with E-state index in [1.807, 2.05) is 0 Å². The van der Waals surface area contributed by atoms with Crippen LogP contribution in [0.2, 0.25) is 0 Å². The van der Waals surface area contributed by atoms with Gasteiger partial charge in [0.1, 0.15) is 12.0 Å². The van der Waals surface area contributed by atoms with Crippen LogP contribution >= 0.6 is 11.6 Å². The number of esters is 1. The maximum atomic E-state index is 11.2. The van der Waals surface area contributed by atoms with Crippen LogP contribution in [0.1, 0.15) is 40.0 Å². The van der Waals surface area contributed by atoms with E-state index in [0.29, 0.717) is 17.8 Å². The topological polar surface area (TPSA) is 26.3 Å². The summed E-state index contributed by atoms with van der Waals surface area (Å²) in [6, 6.07) is 0. The first-order valence-corrected chi connectivity index (χ1v) is 6.33. The summed E-state index contributed by atoms with van der Waals surface area (Å²) < 4.78 is 5.41. The van der Waals surface area contributed by atoms with E-state index in [2.05, 4.69) is 20.8 Å². The average Bonchev–Trinajstić information content (AvgIpc) is 2.17. The summed E-state index contributed by atoms with van der Waals surface area (Å²) in [5, 5.41) is 0. The molecule has 1 saturated carbocycles. The number of carbonyl (C=O) groups excluding carboxylic acids is 1. The van der Waals surface area contributed by atoms with Crippen LogP contribution in [0.15, 0.2) is 0 Å². The molecule has 15 heavy (non-hydrogen) atoms. The van der Waals surface area contributed by atoms with Crippen molar-refractivity contribution < 1.29 is 9.53 Å². The van der Waals surface area contributed by atoms with Gasteiger partial charge in [0.05, 0.1) is 0 Å². The first kappa shape index (κ1) is 12.8. The molecule has 0 saturated heterocycles. The van der Waals surface area contributed by atoms with Crippen LogP contribution in [-0.2, 0) is 9.53 Å². The SMILES string of the molecule is CC(C)[C@H]1CC[C@@H](C)C[C@@H]1OC(=O)CCl. The van der Waals surface area contributed by atoms with Gasteiger partial charge in [-0.15, -0.1) is 11.6 Å². The highest BCUT2D eigenvalue weighted by Gasteiger charge is 2.33. The van der Waals surface area contributed by atoms with Crippen LogP contribution in [0, 0.1) is 17.8 Å². The summed E-state index contributed by atoms with van der Waals surface area (Å²) in [5.74, 6) is 1.43. The molecule has 0 bridgehead atoms. The summed E-state index contributed by atoms with van der Waals surface area (Å²) in [6.45, 7) is 6.61. The number of alkyl halides is 1. The predicted molar refractivity (Wildman–Crippen MR) is 61.9 cm³/mol. The van der Waals surface area contributed by atoms with Gasteiger partial charge in [0.15, 0.2) is 0 Å². The molecule has 1 rings (SSSR count). The molecule has 0 radical (unpaired) electrons. The fourth-order valence-electron chi connectivity index (χ4n) is 2.45. The van der Waals surface area contributed by atoms with Gasteiger partial charge in [-0.05, 0) is 30.6 Å². The summed E-state index contributed by atoms with van der Waals surface area (Å²) in [7, 11) is 0. The van der Waals surface area contributed by atoms with E-state index in [9.17, 15) is 4.79 Å². The van der Waals surface area contributed by atoms with E-state index in [1.165, 1.54) is 12.8 Å². The minimum atomic E-state index is -0.276. The smallest absolute Gasteiger partial charge is 0.321 e. The highest BCUT2D eigenvalue weighted by Crippen LogP contribution is 2.35. The lowest BCUT2D eigenvalue weighted by Crippen LogP contribution is -2.36. The van der Waals surface area contributed by atoms with Crippen molar-refractivity contribution in [2.75, 3.05) is 5.88 Å². The molecule has 0 aliphatic heterocycles. The summed E-state index contributed by atoms with van der Waals surface area (Å²) >= 11 is 5.46. The molecule has 0 N–H and O–H groups in total. The Balaban J connectivity index is 2.57. The van der Waals surface area contributed by atoms with Crippen LogP contribution in [0.3, 0.4) is 0 Å². The monoisotopic (exact) mass is 232 g/mol.